The lowest BCUT2D eigenvalue weighted by Gasteiger charge is -2.25. The second kappa shape index (κ2) is 6.04. The van der Waals surface area contributed by atoms with Gasteiger partial charge in [0.05, 0.1) is 6.04 Å². The molecule has 1 saturated carbocycles. The van der Waals surface area contributed by atoms with Crippen molar-refractivity contribution in [3.63, 3.8) is 0 Å². The molecule has 1 aliphatic heterocycles. The van der Waals surface area contributed by atoms with Crippen LogP contribution in [-0.4, -0.2) is 16.7 Å². The maximum Gasteiger partial charge on any atom is 0.243 e. The van der Waals surface area contributed by atoms with Gasteiger partial charge < -0.3 is 9.84 Å². The third-order valence-electron chi connectivity index (χ3n) is 4.86. The predicted molar refractivity (Wildman–Crippen MR) is 73.9 cm³/mol. The summed E-state index contributed by atoms with van der Waals surface area (Å²) in [6.45, 7) is 3.37. The Labute approximate surface area is 115 Å². The van der Waals surface area contributed by atoms with Gasteiger partial charge in [-0.05, 0) is 51.0 Å². The summed E-state index contributed by atoms with van der Waals surface area (Å²) in [5.74, 6) is 3.22. The first-order valence-corrected chi connectivity index (χ1v) is 7.93. The fourth-order valence-corrected chi connectivity index (χ4v) is 3.45. The van der Waals surface area contributed by atoms with Crippen LogP contribution in [0.1, 0.15) is 82.0 Å². The van der Waals surface area contributed by atoms with Gasteiger partial charge in [-0.25, -0.2) is 0 Å². The van der Waals surface area contributed by atoms with Crippen LogP contribution in [-0.2, 0) is 0 Å². The van der Waals surface area contributed by atoms with Crippen LogP contribution in [0.3, 0.4) is 0 Å². The van der Waals surface area contributed by atoms with Gasteiger partial charge in [-0.2, -0.15) is 4.98 Å². The van der Waals surface area contributed by atoms with E-state index < -0.39 is 0 Å². The fourth-order valence-electron chi connectivity index (χ4n) is 3.45. The number of hydrogen-bond acceptors (Lipinski definition) is 4. The molecule has 2 fully saturated rings. The Hall–Kier alpha value is -0.900. The van der Waals surface area contributed by atoms with Gasteiger partial charge in [0.15, 0.2) is 5.82 Å². The van der Waals surface area contributed by atoms with Gasteiger partial charge in [-0.1, -0.05) is 24.9 Å². The van der Waals surface area contributed by atoms with Gasteiger partial charge in [0.2, 0.25) is 5.89 Å². The molecule has 1 N–H and O–H groups in total. The van der Waals surface area contributed by atoms with Crippen LogP contribution < -0.4 is 5.32 Å². The van der Waals surface area contributed by atoms with Crippen molar-refractivity contribution in [2.24, 2.45) is 5.92 Å². The Bertz CT molecular complexity index is 390. The zero-order valence-electron chi connectivity index (χ0n) is 11.9. The Morgan fingerprint density at radius 1 is 1.16 bits per heavy atom. The van der Waals surface area contributed by atoms with Crippen molar-refractivity contribution in [3.8, 4) is 0 Å². The van der Waals surface area contributed by atoms with Crippen molar-refractivity contribution in [2.75, 3.05) is 6.54 Å². The Morgan fingerprint density at radius 3 is 2.68 bits per heavy atom. The van der Waals surface area contributed by atoms with Crippen molar-refractivity contribution in [1.29, 1.82) is 0 Å². The summed E-state index contributed by atoms with van der Waals surface area (Å²) in [6, 6.07) is 0.294. The highest BCUT2D eigenvalue weighted by Gasteiger charge is 2.27. The van der Waals surface area contributed by atoms with Crippen LogP contribution in [0.25, 0.3) is 0 Å². The van der Waals surface area contributed by atoms with E-state index in [1.807, 2.05) is 0 Å². The zero-order valence-corrected chi connectivity index (χ0v) is 11.9. The molecule has 106 valence electrons. The van der Waals surface area contributed by atoms with Gasteiger partial charge in [0, 0.05) is 5.92 Å². The van der Waals surface area contributed by atoms with E-state index in [0.717, 1.165) is 30.6 Å². The lowest BCUT2D eigenvalue weighted by Crippen LogP contribution is -2.27. The third kappa shape index (κ3) is 2.99. The lowest BCUT2D eigenvalue weighted by atomic mass is 9.80. The molecule has 1 aromatic rings. The number of nitrogens with zero attached hydrogens (tertiary/aromatic N) is 2. The zero-order chi connectivity index (χ0) is 13.1. The molecule has 3 rings (SSSR count). The summed E-state index contributed by atoms with van der Waals surface area (Å²) >= 11 is 0. The second-order valence-corrected chi connectivity index (χ2v) is 6.12. The van der Waals surface area contributed by atoms with E-state index in [-0.39, 0.29) is 0 Å². The summed E-state index contributed by atoms with van der Waals surface area (Å²) in [4.78, 5) is 4.67. The van der Waals surface area contributed by atoms with E-state index in [1.54, 1.807) is 0 Å². The maximum absolute atomic E-state index is 5.49. The van der Waals surface area contributed by atoms with Crippen molar-refractivity contribution in [2.45, 2.75) is 70.3 Å². The van der Waals surface area contributed by atoms with E-state index in [0.29, 0.717) is 12.0 Å². The molecule has 19 heavy (non-hydrogen) atoms. The monoisotopic (exact) mass is 263 g/mol. The number of hydrogen-bond donors (Lipinski definition) is 1. The van der Waals surface area contributed by atoms with E-state index in [2.05, 4.69) is 22.4 Å². The molecule has 1 saturated heterocycles. The largest absolute Gasteiger partial charge is 0.338 e. The van der Waals surface area contributed by atoms with Crippen LogP contribution in [0.2, 0.25) is 0 Å². The van der Waals surface area contributed by atoms with Crippen LogP contribution in [0.4, 0.5) is 0 Å². The highest BCUT2D eigenvalue weighted by Crippen LogP contribution is 2.36. The first kappa shape index (κ1) is 13.1. The van der Waals surface area contributed by atoms with Crippen molar-refractivity contribution < 1.29 is 4.52 Å². The summed E-state index contributed by atoms with van der Waals surface area (Å²) < 4.78 is 5.49. The Kier molecular flexibility index (Phi) is 4.16. The Balaban J connectivity index is 1.61. The van der Waals surface area contributed by atoms with E-state index in [9.17, 15) is 0 Å². The quantitative estimate of drug-likeness (QED) is 0.905. The molecule has 0 aromatic carbocycles. The lowest BCUT2D eigenvalue weighted by molar-refractivity contribution is 0.286. The molecular weight excluding hydrogens is 238 g/mol. The summed E-state index contributed by atoms with van der Waals surface area (Å²) in [5, 5.41) is 7.71. The normalized spacial score (nSPS) is 32.4. The maximum atomic E-state index is 5.49. The number of aromatic nitrogens is 2. The molecule has 0 radical (unpaired) electrons. The number of rotatable bonds is 3. The first-order valence-electron chi connectivity index (χ1n) is 7.93. The van der Waals surface area contributed by atoms with E-state index >= 15 is 0 Å². The molecule has 1 aromatic heterocycles. The molecule has 0 bridgehead atoms. The summed E-state index contributed by atoms with van der Waals surface area (Å²) in [7, 11) is 0. The standard InChI is InChI=1S/C15H25N3O/c1-2-11-6-8-12(9-7-11)14-17-15(19-18-14)13-5-3-4-10-16-13/h11-13,16H,2-10H2,1H3/t11?,12?,13-/m0/s1. The molecule has 0 amide bonds. The molecular formula is C15H25N3O. The van der Waals surface area contributed by atoms with E-state index in [1.165, 1.54) is 44.9 Å². The third-order valence-corrected chi connectivity index (χ3v) is 4.86. The van der Waals surface area contributed by atoms with Gasteiger partial charge >= 0.3 is 0 Å². The SMILES string of the molecule is CCC1CCC(c2noc([C@@H]3CCCCN3)n2)CC1. The number of nitrogens with one attached hydrogen (secondary N) is 1. The molecule has 1 aliphatic carbocycles. The minimum absolute atomic E-state index is 0.294. The van der Waals surface area contributed by atoms with Gasteiger partial charge in [0.1, 0.15) is 0 Å². The molecule has 2 heterocycles. The van der Waals surface area contributed by atoms with Crippen LogP contribution in [0.5, 0.6) is 0 Å². The van der Waals surface area contributed by atoms with Gasteiger partial charge in [-0.3, -0.25) is 0 Å². The summed E-state index contributed by atoms with van der Waals surface area (Å²) in [5.41, 5.74) is 0. The van der Waals surface area contributed by atoms with Gasteiger partial charge in [-0.15, -0.1) is 0 Å². The van der Waals surface area contributed by atoms with Crippen LogP contribution in [0, 0.1) is 5.92 Å². The molecule has 2 aliphatic rings. The highest BCUT2D eigenvalue weighted by atomic mass is 16.5. The highest BCUT2D eigenvalue weighted by molar-refractivity contribution is 5.00. The minimum atomic E-state index is 0.294. The topological polar surface area (TPSA) is 51.0 Å². The average molecular weight is 263 g/mol. The van der Waals surface area contributed by atoms with Gasteiger partial charge in [0.25, 0.3) is 0 Å². The molecule has 4 heteroatoms. The smallest absolute Gasteiger partial charge is 0.243 e. The fraction of sp³-hybridized carbons (Fsp3) is 0.867. The van der Waals surface area contributed by atoms with Crippen molar-refractivity contribution >= 4 is 0 Å². The van der Waals surface area contributed by atoms with Crippen LogP contribution in [0.15, 0.2) is 4.52 Å². The first-order chi connectivity index (χ1) is 9.36. The summed E-state index contributed by atoms with van der Waals surface area (Å²) in [6.07, 6.45) is 10.1. The van der Waals surface area contributed by atoms with Crippen LogP contribution >= 0.6 is 0 Å². The minimum Gasteiger partial charge on any atom is -0.338 e. The second-order valence-electron chi connectivity index (χ2n) is 6.12. The van der Waals surface area contributed by atoms with Crippen molar-refractivity contribution in [3.05, 3.63) is 11.7 Å². The Morgan fingerprint density at radius 2 is 2.00 bits per heavy atom. The molecule has 4 nitrogen and oxygen atoms in total. The average Bonchev–Trinajstić information content (AvgIpc) is 2.98. The molecule has 1 atom stereocenters. The molecule has 0 spiro atoms. The predicted octanol–water partition coefficient (Wildman–Crippen LogP) is 3.57. The molecule has 0 unspecified atom stereocenters. The number of piperidine rings is 1. The van der Waals surface area contributed by atoms with Crippen molar-refractivity contribution in [1.82, 2.24) is 15.5 Å². The van der Waals surface area contributed by atoms with E-state index in [4.69, 9.17) is 4.52 Å².